The van der Waals surface area contributed by atoms with Gasteiger partial charge in [0.15, 0.2) is 4.90 Å². The first-order chi connectivity index (χ1) is 15.9. The minimum atomic E-state index is -1.20. The number of rotatable bonds is 11. The minimum Gasteiger partial charge on any atom is -0.611 e. The number of nitrogens with zero attached hydrogens (tertiary/aromatic N) is 1. The molecule has 7 heteroatoms. The van der Waals surface area contributed by atoms with Crippen molar-refractivity contribution in [2.24, 2.45) is 5.41 Å². The van der Waals surface area contributed by atoms with E-state index in [0.29, 0.717) is 11.5 Å². The van der Waals surface area contributed by atoms with Crippen molar-refractivity contribution in [3.05, 3.63) is 46.9 Å². The molecule has 0 bridgehead atoms. The zero-order valence-electron chi connectivity index (χ0n) is 19.5. The number of carboxylic acid groups (broad SMARTS) is 1. The summed E-state index contributed by atoms with van der Waals surface area (Å²) in [6, 6.07) is 14.1. The Balaban J connectivity index is 2.06. The molecule has 2 aromatic rings. The van der Waals surface area contributed by atoms with Crippen molar-refractivity contribution in [3.63, 3.8) is 0 Å². The van der Waals surface area contributed by atoms with Gasteiger partial charge in [0, 0.05) is 23.7 Å². The number of benzene rings is 2. The monoisotopic (exact) mass is 535 g/mol. The van der Waals surface area contributed by atoms with Crippen molar-refractivity contribution < 1.29 is 19.2 Å². The lowest BCUT2D eigenvalue weighted by atomic mass is 9.79. The topological polar surface area (TPSA) is 72.8 Å². The van der Waals surface area contributed by atoms with Crippen LogP contribution < -0.4 is 9.64 Å². The van der Waals surface area contributed by atoms with Gasteiger partial charge in [-0.1, -0.05) is 57.7 Å². The summed E-state index contributed by atoms with van der Waals surface area (Å²) in [5, 5.41) is 8.95. The molecule has 0 amide bonds. The van der Waals surface area contributed by atoms with Gasteiger partial charge in [-0.05, 0) is 58.1 Å². The van der Waals surface area contributed by atoms with Gasteiger partial charge in [-0.3, -0.25) is 4.79 Å². The smallest absolute Gasteiger partial charge is 0.306 e. The van der Waals surface area contributed by atoms with Crippen LogP contribution in [0.3, 0.4) is 0 Å². The van der Waals surface area contributed by atoms with Gasteiger partial charge in [0.1, 0.15) is 11.5 Å². The molecule has 0 saturated carbocycles. The zero-order valence-corrected chi connectivity index (χ0v) is 21.9. The number of unbranched alkanes of at least 4 members (excludes halogenated alkanes) is 2. The van der Waals surface area contributed by atoms with E-state index in [-0.39, 0.29) is 18.4 Å². The van der Waals surface area contributed by atoms with Gasteiger partial charge in [0.2, 0.25) is 0 Å². The summed E-state index contributed by atoms with van der Waals surface area (Å²) in [4.78, 5) is 14.0. The lowest BCUT2D eigenvalue weighted by molar-refractivity contribution is -0.137. The van der Waals surface area contributed by atoms with Crippen LogP contribution in [0, 0.1) is 5.41 Å². The predicted molar refractivity (Wildman–Crippen MR) is 138 cm³/mol. The van der Waals surface area contributed by atoms with E-state index in [4.69, 9.17) is 9.84 Å². The van der Waals surface area contributed by atoms with E-state index in [9.17, 15) is 9.35 Å². The summed E-state index contributed by atoms with van der Waals surface area (Å²) in [6.07, 6.45) is 6.49. The first-order valence-corrected chi connectivity index (χ1v) is 13.9. The molecule has 1 heterocycles. The molecule has 0 aromatic heterocycles. The maximum Gasteiger partial charge on any atom is 0.306 e. The predicted octanol–water partition coefficient (Wildman–Crippen LogP) is 6.93. The summed E-state index contributed by atoms with van der Waals surface area (Å²) >= 11 is 2.41. The first kappa shape index (κ1) is 25.9. The largest absolute Gasteiger partial charge is 0.611 e. The Bertz CT molecular complexity index is 916. The third kappa shape index (κ3) is 6.67. The molecule has 2 aromatic carbocycles. The Labute approximate surface area is 208 Å². The lowest BCUT2D eigenvalue weighted by Crippen LogP contribution is -2.38. The Morgan fingerprint density at radius 1 is 1.18 bits per heavy atom. The van der Waals surface area contributed by atoms with E-state index in [1.54, 1.807) is 0 Å². The van der Waals surface area contributed by atoms with E-state index in [2.05, 4.69) is 46.8 Å². The van der Waals surface area contributed by atoms with Crippen LogP contribution in [-0.2, 0) is 16.0 Å². The molecule has 0 fully saturated rings. The summed E-state index contributed by atoms with van der Waals surface area (Å²) in [7, 11) is 0. The molecule has 1 atom stereocenters. The van der Waals surface area contributed by atoms with E-state index in [0.717, 1.165) is 65.8 Å². The highest BCUT2D eigenvalue weighted by Gasteiger charge is 2.42. The highest BCUT2D eigenvalue weighted by atomic mass is 79.9. The van der Waals surface area contributed by atoms with Gasteiger partial charge in [-0.2, -0.15) is 0 Å². The van der Waals surface area contributed by atoms with E-state index in [1.165, 1.54) is 0 Å². The Kier molecular flexibility index (Phi) is 9.53. The third-order valence-corrected chi connectivity index (χ3v) is 8.55. The molecule has 0 aliphatic carbocycles. The average Bonchev–Trinajstić information content (AvgIpc) is 2.91. The summed E-state index contributed by atoms with van der Waals surface area (Å²) < 4.78 is 20.3. The highest BCUT2D eigenvalue weighted by molar-refractivity contribution is 9.10. The fourth-order valence-electron chi connectivity index (χ4n) is 4.47. The second-order valence-corrected chi connectivity index (χ2v) is 11.1. The van der Waals surface area contributed by atoms with Crippen LogP contribution in [-0.4, -0.2) is 34.5 Å². The number of aliphatic carboxylic acids is 1. The molecule has 1 aliphatic rings. The zero-order chi connectivity index (χ0) is 23.8. The highest BCUT2D eigenvalue weighted by Crippen LogP contribution is 2.47. The Morgan fingerprint density at radius 2 is 1.85 bits per heavy atom. The molecule has 1 unspecified atom stereocenters. The van der Waals surface area contributed by atoms with Crippen LogP contribution in [0.25, 0.3) is 0 Å². The number of halogens is 1. The van der Waals surface area contributed by atoms with E-state index in [1.807, 2.05) is 30.3 Å². The SMILES string of the molecule is CCCCC1(CCCC)CN(c2ccccc2)c2cc(Br)c(OCCC(=O)O)cc2[S+]([O-])C1. The van der Waals surface area contributed by atoms with Crippen LogP contribution in [0.2, 0.25) is 0 Å². The van der Waals surface area contributed by atoms with Gasteiger partial charge in [-0.15, -0.1) is 0 Å². The van der Waals surface area contributed by atoms with Crippen molar-refractivity contribution in [2.75, 3.05) is 23.8 Å². The number of fused-ring (bicyclic) bond motifs is 1. The first-order valence-electron chi connectivity index (χ1n) is 11.8. The number of ether oxygens (including phenoxy) is 1. The Hall–Kier alpha value is -1.70. The van der Waals surface area contributed by atoms with Crippen molar-refractivity contribution >= 4 is 44.4 Å². The number of anilines is 2. The number of carbonyl (C=O) groups is 1. The van der Waals surface area contributed by atoms with E-state index < -0.39 is 17.1 Å². The fraction of sp³-hybridized carbons (Fsp3) is 0.500. The van der Waals surface area contributed by atoms with Crippen LogP contribution in [0.1, 0.15) is 58.8 Å². The van der Waals surface area contributed by atoms with Crippen LogP contribution >= 0.6 is 15.9 Å². The van der Waals surface area contributed by atoms with Gasteiger partial charge < -0.3 is 19.3 Å². The maximum atomic E-state index is 13.8. The van der Waals surface area contributed by atoms with Crippen molar-refractivity contribution in [1.29, 1.82) is 0 Å². The lowest BCUT2D eigenvalue weighted by Gasteiger charge is -2.36. The standard InChI is InChI=1S/C26H34BrNO4S/c1-3-5-13-26(14-6-4-2)18-28(20-10-8-7-9-11-20)22-16-21(27)23(32-15-12-25(29)30)17-24(22)33(31)19-26/h7-11,16-17H,3-6,12-15,18-19H2,1-2H3,(H,29,30). The number of hydrogen-bond donors (Lipinski definition) is 1. The minimum absolute atomic E-state index is 0.0391. The Morgan fingerprint density at radius 3 is 2.45 bits per heavy atom. The van der Waals surface area contributed by atoms with Gasteiger partial charge in [0.05, 0.1) is 23.2 Å². The third-order valence-electron chi connectivity index (χ3n) is 6.24. The number of hydrogen-bond acceptors (Lipinski definition) is 4. The molecule has 1 aliphatic heterocycles. The molecule has 180 valence electrons. The molecular formula is C26H34BrNO4S. The van der Waals surface area contributed by atoms with Gasteiger partial charge in [-0.25, -0.2) is 0 Å². The second kappa shape index (κ2) is 12.1. The second-order valence-electron chi connectivity index (χ2n) is 8.86. The molecule has 33 heavy (non-hydrogen) atoms. The summed E-state index contributed by atoms with van der Waals surface area (Å²) in [5.74, 6) is 0.252. The average molecular weight is 537 g/mol. The van der Waals surface area contributed by atoms with Crippen molar-refractivity contribution in [1.82, 2.24) is 0 Å². The summed E-state index contributed by atoms with van der Waals surface area (Å²) in [5.41, 5.74) is 1.97. The van der Waals surface area contributed by atoms with Gasteiger partial charge in [0.25, 0.3) is 0 Å². The fourth-order valence-corrected chi connectivity index (χ4v) is 6.65. The van der Waals surface area contributed by atoms with Crippen molar-refractivity contribution in [2.45, 2.75) is 63.7 Å². The summed E-state index contributed by atoms with van der Waals surface area (Å²) in [6.45, 7) is 5.31. The molecule has 3 rings (SSSR count). The van der Waals surface area contributed by atoms with Gasteiger partial charge >= 0.3 is 5.97 Å². The normalized spacial score (nSPS) is 17.3. The van der Waals surface area contributed by atoms with Crippen molar-refractivity contribution in [3.8, 4) is 5.75 Å². The number of para-hydroxylation sites is 1. The molecular weight excluding hydrogens is 502 g/mol. The molecule has 0 saturated heterocycles. The molecule has 5 nitrogen and oxygen atoms in total. The number of carboxylic acids is 1. The van der Waals surface area contributed by atoms with Crippen LogP contribution in [0.5, 0.6) is 5.75 Å². The maximum absolute atomic E-state index is 13.8. The molecule has 0 spiro atoms. The van der Waals surface area contributed by atoms with E-state index >= 15 is 0 Å². The van der Waals surface area contributed by atoms with Crippen LogP contribution in [0.4, 0.5) is 11.4 Å². The van der Waals surface area contributed by atoms with Crippen LogP contribution in [0.15, 0.2) is 51.8 Å². The molecule has 1 N–H and O–H groups in total. The molecule has 0 radical (unpaired) electrons. The quantitative estimate of drug-likeness (QED) is 0.316.